The molecule has 0 spiro atoms. The van der Waals surface area contributed by atoms with Crippen LogP contribution in [0, 0.1) is 5.92 Å². The zero-order valence-electron chi connectivity index (χ0n) is 15.9. The molecule has 2 aromatic carbocycles. The second-order valence-corrected chi connectivity index (χ2v) is 6.86. The van der Waals surface area contributed by atoms with E-state index in [4.69, 9.17) is 0 Å². The minimum absolute atomic E-state index is 0.0330. The molecule has 27 heavy (non-hydrogen) atoms. The van der Waals surface area contributed by atoms with E-state index in [1.54, 1.807) is 13.0 Å². The number of anilines is 3. The number of rotatable bonds is 7. The SMILES string of the molecule is CC(=O)c1cccc(Nc2cc(-c3ccccc3)nc(NCC(C)C)n2)c1. The molecule has 0 fully saturated rings. The van der Waals surface area contributed by atoms with Crippen LogP contribution in [0.25, 0.3) is 11.3 Å². The predicted molar refractivity (Wildman–Crippen MR) is 111 cm³/mol. The van der Waals surface area contributed by atoms with Gasteiger partial charge in [0.05, 0.1) is 5.69 Å². The number of Topliss-reactive ketones (excluding diaryl/α,β-unsaturated/α-hetero) is 1. The second kappa shape index (κ2) is 8.45. The van der Waals surface area contributed by atoms with Crippen molar-refractivity contribution in [1.82, 2.24) is 9.97 Å². The Kier molecular flexibility index (Phi) is 5.81. The number of ketones is 1. The first-order chi connectivity index (χ1) is 13.0. The molecule has 0 atom stereocenters. The summed E-state index contributed by atoms with van der Waals surface area (Å²) in [6, 6.07) is 19.3. The lowest BCUT2D eigenvalue weighted by atomic mass is 10.1. The molecule has 0 radical (unpaired) electrons. The fourth-order valence-electron chi connectivity index (χ4n) is 2.61. The zero-order valence-corrected chi connectivity index (χ0v) is 15.9. The summed E-state index contributed by atoms with van der Waals surface area (Å²) in [5.41, 5.74) is 3.33. The summed E-state index contributed by atoms with van der Waals surface area (Å²) >= 11 is 0. The van der Waals surface area contributed by atoms with Crippen molar-refractivity contribution in [2.75, 3.05) is 17.2 Å². The first-order valence-corrected chi connectivity index (χ1v) is 9.07. The Balaban J connectivity index is 1.94. The maximum atomic E-state index is 11.6. The topological polar surface area (TPSA) is 66.9 Å². The highest BCUT2D eigenvalue weighted by atomic mass is 16.1. The molecule has 0 saturated carbocycles. The summed E-state index contributed by atoms with van der Waals surface area (Å²) < 4.78 is 0. The molecule has 5 heteroatoms. The normalized spacial score (nSPS) is 10.7. The number of hydrogen-bond acceptors (Lipinski definition) is 5. The third-order valence-corrected chi connectivity index (χ3v) is 4.01. The molecule has 3 aromatic rings. The fourth-order valence-corrected chi connectivity index (χ4v) is 2.61. The fraction of sp³-hybridized carbons (Fsp3) is 0.227. The van der Waals surface area contributed by atoms with Crippen LogP contribution in [0.5, 0.6) is 0 Å². The van der Waals surface area contributed by atoms with Crippen LogP contribution in [0.4, 0.5) is 17.5 Å². The van der Waals surface area contributed by atoms with Gasteiger partial charge in [0.2, 0.25) is 5.95 Å². The van der Waals surface area contributed by atoms with Gasteiger partial charge in [-0.2, -0.15) is 4.98 Å². The molecule has 0 aliphatic heterocycles. The summed E-state index contributed by atoms with van der Waals surface area (Å²) in [7, 11) is 0. The number of benzene rings is 2. The lowest BCUT2D eigenvalue weighted by molar-refractivity contribution is 0.101. The summed E-state index contributed by atoms with van der Waals surface area (Å²) in [4.78, 5) is 20.9. The predicted octanol–water partition coefficient (Wildman–Crippen LogP) is 5.16. The van der Waals surface area contributed by atoms with Crippen LogP contribution in [-0.4, -0.2) is 22.3 Å². The second-order valence-electron chi connectivity index (χ2n) is 6.86. The molecule has 0 unspecified atom stereocenters. The molecule has 0 bridgehead atoms. The van der Waals surface area contributed by atoms with E-state index in [2.05, 4.69) is 34.4 Å². The van der Waals surface area contributed by atoms with Crippen LogP contribution >= 0.6 is 0 Å². The third kappa shape index (κ3) is 5.14. The maximum Gasteiger partial charge on any atom is 0.225 e. The maximum absolute atomic E-state index is 11.6. The first-order valence-electron chi connectivity index (χ1n) is 9.07. The Bertz CT molecular complexity index is 923. The Morgan fingerprint density at radius 3 is 2.48 bits per heavy atom. The Labute approximate surface area is 159 Å². The molecule has 0 aliphatic carbocycles. The van der Waals surface area contributed by atoms with Gasteiger partial charge >= 0.3 is 0 Å². The lowest BCUT2D eigenvalue weighted by Gasteiger charge is -2.13. The van der Waals surface area contributed by atoms with Crippen LogP contribution in [0.1, 0.15) is 31.1 Å². The van der Waals surface area contributed by atoms with E-state index < -0.39 is 0 Å². The van der Waals surface area contributed by atoms with Crippen LogP contribution in [0.3, 0.4) is 0 Å². The van der Waals surface area contributed by atoms with Gasteiger partial charge in [0, 0.05) is 29.4 Å². The number of nitrogens with zero attached hydrogens (tertiary/aromatic N) is 2. The first kappa shape index (κ1) is 18.6. The van der Waals surface area contributed by atoms with Crippen molar-refractivity contribution in [2.45, 2.75) is 20.8 Å². The minimum Gasteiger partial charge on any atom is -0.354 e. The van der Waals surface area contributed by atoms with Crippen molar-refractivity contribution < 1.29 is 4.79 Å². The van der Waals surface area contributed by atoms with Gasteiger partial charge in [-0.05, 0) is 25.0 Å². The van der Waals surface area contributed by atoms with E-state index >= 15 is 0 Å². The standard InChI is InChI=1S/C22H24N4O/c1-15(2)14-23-22-25-20(17-8-5-4-6-9-17)13-21(26-22)24-19-11-7-10-18(12-19)16(3)27/h4-13,15H,14H2,1-3H3,(H2,23,24,25,26). The van der Waals surface area contributed by atoms with Gasteiger partial charge in [-0.3, -0.25) is 4.79 Å². The number of hydrogen-bond donors (Lipinski definition) is 2. The Morgan fingerprint density at radius 2 is 1.78 bits per heavy atom. The monoisotopic (exact) mass is 360 g/mol. The Morgan fingerprint density at radius 1 is 1.00 bits per heavy atom. The van der Waals surface area contributed by atoms with E-state index in [1.165, 1.54) is 0 Å². The molecule has 1 aromatic heterocycles. The van der Waals surface area contributed by atoms with Crippen LogP contribution in [-0.2, 0) is 0 Å². The van der Waals surface area contributed by atoms with Gasteiger partial charge in [-0.25, -0.2) is 4.98 Å². The van der Waals surface area contributed by atoms with Crippen molar-refractivity contribution in [3.05, 3.63) is 66.2 Å². The van der Waals surface area contributed by atoms with E-state index in [1.807, 2.05) is 54.6 Å². The van der Waals surface area contributed by atoms with Crippen molar-refractivity contribution in [2.24, 2.45) is 5.92 Å². The molecule has 5 nitrogen and oxygen atoms in total. The summed E-state index contributed by atoms with van der Waals surface area (Å²) in [5.74, 6) is 1.77. The minimum atomic E-state index is 0.0330. The van der Waals surface area contributed by atoms with Crippen molar-refractivity contribution in [3.63, 3.8) is 0 Å². The van der Waals surface area contributed by atoms with E-state index in [0.29, 0.717) is 23.2 Å². The summed E-state index contributed by atoms with van der Waals surface area (Å²) in [6.07, 6.45) is 0. The molecule has 0 saturated heterocycles. The van der Waals surface area contributed by atoms with Gasteiger partial charge in [0.15, 0.2) is 5.78 Å². The van der Waals surface area contributed by atoms with Crippen molar-refractivity contribution >= 4 is 23.2 Å². The number of nitrogens with one attached hydrogen (secondary N) is 2. The van der Waals surface area contributed by atoms with E-state index in [0.717, 1.165) is 23.5 Å². The average molecular weight is 360 g/mol. The van der Waals surface area contributed by atoms with Crippen molar-refractivity contribution in [1.29, 1.82) is 0 Å². The largest absolute Gasteiger partial charge is 0.354 e. The molecule has 3 rings (SSSR count). The molecule has 2 N–H and O–H groups in total. The molecule has 0 aliphatic rings. The smallest absolute Gasteiger partial charge is 0.225 e. The molecule has 1 heterocycles. The van der Waals surface area contributed by atoms with Crippen molar-refractivity contribution in [3.8, 4) is 11.3 Å². The summed E-state index contributed by atoms with van der Waals surface area (Å²) in [5, 5.41) is 6.59. The molecule has 138 valence electrons. The highest BCUT2D eigenvalue weighted by Crippen LogP contribution is 2.24. The van der Waals surface area contributed by atoms with Gasteiger partial charge < -0.3 is 10.6 Å². The highest BCUT2D eigenvalue weighted by Gasteiger charge is 2.08. The number of carbonyl (C=O) groups excluding carboxylic acids is 1. The quantitative estimate of drug-likeness (QED) is 0.570. The van der Waals surface area contributed by atoms with Crippen LogP contribution in [0.15, 0.2) is 60.7 Å². The molecule has 0 amide bonds. The van der Waals surface area contributed by atoms with Gasteiger partial charge in [0.1, 0.15) is 5.82 Å². The molecular weight excluding hydrogens is 336 g/mol. The van der Waals surface area contributed by atoms with Crippen LogP contribution < -0.4 is 10.6 Å². The zero-order chi connectivity index (χ0) is 19.2. The molecular formula is C22H24N4O. The van der Waals surface area contributed by atoms with Gasteiger partial charge in [-0.15, -0.1) is 0 Å². The van der Waals surface area contributed by atoms with Gasteiger partial charge in [-0.1, -0.05) is 56.3 Å². The number of carbonyl (C=O) groups is 1. The van der Waals surface area contributed by atoms with E-state index in [-0.39, 0.29) is 5.78 Å². The average Bonchev–Trinajstić information content (AvgIpc) is 2.67. The van der Waals surface area contributed by atoms with Gasteiger partial charge in [0.25, 0.3) is 0 Å². The van der Waals surface area contributed by atoms with E-state index in [9.17, 15) is 4.79 Å². The highest BCUT2D eigenvalue weighted by molar-refractivity contribution is 5.95. The summed E-state index contributed by atoms with van der Waals surface area (Å²) in [6.45, 7) is 6.63. The Hall–Kier alpha value is -3.21. The van der Waals surface area contributed by atoms with Crippen LogP contribution in [0.2, 0.25) is 0 Å². The number of aromatic nitrogens is 2. The third-order valence-electron chi connectivity index (χ3n) is 4.01. The lowest BCUT2D eigenvalue weighted by Crippen LogP contribution is -2.11.